The van der Waals surface area contributed by atoms with Gasteiger partial charge >= 0.3 is 0 Å². The zero-order valence-corrected chi connectivity index (χ0v) is 10.8. The van der Waals surface area contributed by atoms with Crippen LogP contribution in [0.15, 0.2) is 30.3 Å². The fourth-order valence-electron chi connectivity index (χ4n) is 1.68. The minimum absolute atomic E-state index is 0.202. The van der Waals surface area contributed by atoms with Crippen LogP contribution in [0, 0.1) is 11.8 Å². The number of aliphatic hydroxyl groups excluding tert-OH is 2. The van der Waals surface area contributed by atoms with E-state index in [0.717, 1.165) is 18.5 Å². The zero-order chi connectivity index (χ0) is 13.2. The second-order valence-corrected chi connectivity index (χ2v) is 4.24. The second kappa shape index (κ2) is 8.71. The van der Waals surface area contributed by atoms with Gasteiger partial charge in [0.15, 0.2) is 0 Å². The zero-order valence-electron chi connectivity index (χ0n) is 10.8. The van der Waals surface area contributed by atoms with Gasteiger partial charge in [-0.15, -0.1) is 0 Å². The molecule has 1 aromatic carbocycles. The summed E-state index contributed by atoms with van der Waals surface area (Å²) in [4.78, 5) is 2.05. The van der Waals surface area contributed by atoms with Gasteiger partial charge in [-0.25, -0.2) is 0 Å². The summed E-state index contributed by atoms with van der Waals surface area (Å²) in [6.45, 7) is 3.84. The third-order valence-electron chi connectivity index (χ3n) is 2.53. The number of hydrogen-bond acceptors (Lipinski definition) is 3. The van der Waals surface area contributed by atoms with Crippen molar-refractivity contribution in [2.75, 3.05) is 26.2 Å². The van der Waals surface area contributed by atoms with Crippen molar-refractivity contribution >= 4 is 0 Å². The minimum atomic E-state index is -0.685. The maximum atomic E-state index is 9.43. The van der Waals surface area contributed by atoms with E-state index in [4.69, 9.17) is 5.11 Å². The van der Waals surface area contributed by atoms with Crippen molar-refractivity contribution < 1.29 is 10.2 Å². The molecule has 1 rings (SSSR count). The highest BCUT2D eigenvalue weighted by Crippen LogP contribution is 1.97. The summed E-state index contributed by atoms with van der Waals surface area (Å²) >= 11 is 0. The Hall–Kier alpha value is -1.34. The third kappa shape index (κ3) is 5.83. The number of nitrogens with zero attached hydrogens (tertiary/aromatic N) is 1. The van der Waals surface area contributed by atoms with Crippen LogP contribution in [0.25, 0.3) is 0 Å². The standard InChI is InChI=1S/C15H21NO2/c1-2-10-16(12-15(18)13-17)11-6-9-14-7-4-3-5-8-14/h3-5,7-8,15,17-18H,2,10-13H2,1H3/t15-/m1/s1. The molecule has 98 valence electrons. The van der Waals surface area contributed by atoms with E-state index in [1.165, 1.54) is 0 Å². The molecule has 0 radical (unpaired) electrons. The summed E-state index contributed by atoms with van der Waals surface area (Å²) in [5.41, 5.74) is 0.997. The van der Waals surface area contributed by atoms with Crippen molar-refractivity contribution in [2.45, 2.75) is 19.4 Å². The number of rotatable bonds is 6. The highest BCUT2D eigenvalue weighted by molar-refractivity contribution is 5.33. The first-order chi connectivity index (χ1) is 8.76. The summed E-state index contributed by atoms with van der Waals surface area (Å²) in [5, 5.41) is 18.3. The lowest BCUT2D eigenvalue weighted by atomic mass is 10.2. The van der Waals surface area contributed by atoms with Crippen molar-refractivity contribution in [3.8, 4) is 11.8 Å². The van der Waals surface area contributed by atoms with E-state index in [0.29, 0.717) is 13.1 Å². The van der Waals surface area contributed by atoms with Crippen LogP contribution in [-0.4, -0.2) is 47.5 Å². The molecule has 0 heterocycles. The van der Waals surface area contributed by atoms with Gasteiger partial charge < -0.3 is 10.2 Å². The summed E-state index contributed by atoms with van der Waals surface area (Å²) in [6, 6.07) is 9.83. The average Bonchev–Trinajstić information content (AvgIpc) is 2.40. The van der Waals surface area contributed by atoms with Gasteiger partial charge in [0.25, 0.3) is 0 Å². The van der Waals surface area contributed by atoms with Crippen LogP contribution in [-0.2, 0) is 0 Å². The Kier molecular flexibility index (Phi) is 7.12. The van der Waals surface area contributed by atoms with E-state index in [9.17, 15) is 5.11 Å². The molecule has 0 amide bonds. The summed E-state index contributed by atoms with van der Waals surface area (Å²) in [7, 11) is 0. The highest BCUT2D eigenvalue weighted by Gasteiger charge is 2.08. The smallest absolute Gasteiger partial charge is 0.0897 e. The lowest BCUT2D eigenvalue weighted by molar-refractivity contribution is 0.0631. The average molecular weight is 247 g/mol. The largest absolute Gasteiger partial charge is 0.394 e. The van der Waals surface area contributed by atoms with Gasteiger partial charge in [0.2, 0.25) is 0 Å². The molecule has 1 atom stereocenters. The first kappa shape index (κ1) is 14.7. The third-order valence-corrected chi connectivity index (χ3v) is 2.53. The Bertz CT molecular complexity index is 380. The summed E-state index contributed by atoms with van der Waals surface area (Å²) in [5.74, 6) is 6.19. The van der Waals surface area contributed by atoms with E-state index in [2.05, 4.69) is 23.7 Å². The Morgan fingerprint density at radius 2 is 2.00 bits per heavy atom. The lowest BCUT2D eigenvalue weighted by Crippen LogP contribution is -2.35. The van der Waals surface area contributed by atoms with Crippen LogP contribution < -0.4 is 0 Å². The molecule has 0 unspecified atom stereocenters. The predicted octanol–water partition coefficient (Wildman–Crippen LogP) is 1.10. The second-order valence-electron chi connectivity index (χ2n) is 4.24. The van der Waals surface area contributed by atoms with E-state index in [-0.39, 0.29) is 6.61 Å². The van der Waals surface area contributed by atoms with Crippen molar-refractivity contribution in [3.63, 3.8) is 0 Å². The molecule has 0 aliphatic carbocycles. The maximum absolute atomic E-state index is 9.43. The molecule has 3 heteroatoms. The van der Waals surface area contributed by atoms with Gasteiger partial charge in [0.1, 0.15) is 0 Å². The number of hydrogen-bond donors (Lipinski definition) is 2. The highest BCUT2D eigenvalue weighted by atomic mass is 16.3. The van der Waals surface area contributed by atoms with Crippen molar-refractivity contribution in [1.82, 2.24) is 4.90 Å². The Labute approximate surface area is 109 Å². The fourth-order valence-corrected chi connectivity index (χ4v) is 1.68. The Morgan fingerprint density at radius 1 is 1.28 bits per heavy atom. The SMILES string of the molecule is CCCN(CC#Cc1ccccc1)C[C@@H](O)CO. The molecule has 0 saturated heterocycles. The monoisotopic (exact) mass is 247 g/mol. The van der Waals surface area contributed by atoms with Gasteiger partial charge in [-0.05, 0) is 25.1 Å². The molecular weight excluding hydrogens is 226 g/mol. The molecule has 18 heavy (non-hydrogen) atoms. The van der Waals surface area contributed by atoms with E-state index in [1.807, 2.05) is 30.3 Å². The van der Waals surface area contributed by atoms with Gasteiger partial charge in [0, 0.05) is 12.1 Å². The van der Waals surface area contributed by atoms with Crippen LogP contribution in [0.1, 0.15) is 18.9 Å². The first-order valence-corrected chi connectivity index (χ1v) is 6.31. The van der Waals surface area contributed by atoms with Crippen molar-refractivity contribution in [1.29, 1.82) is 0 Å². The van der Waals surface area contributed by atoms with Crippen LogP contribution in [0.2, 0.25) is 0 Å². The molecular formula is C15H21NO2. The minimum Gasteiger partial charge on any atom is -0.394 e. The molecule has 0 aromatic heterocycles. The fraction of sp³-hybridized carbons (Fsp3) is 0.467. The molecule has 0 saturated carbocycles. The normalized spacial score (nSPS) is 12.0. The van der Waals surface area contributed by atoms with Crippen LogP contribution in [0.3, 0.4) is 0 Å². The van der Waals surface area contributed by atoms with E-state index >= 15 is 0 Å². The van der Waals surface area contributed by atoms with Crippen LogP contribution in [0.5, 0.6) is 0 Å². The summed E-state index contributed by atoms with van der Waals surface area (Å²) < 4.78 is 0. The quantitative estimate of drug-likeness (QED) is 0.740. The molecule has 3 nitrogen and oxygen atoms in total. The summed E-state index contributed by atoms with van der Waals surface area (Å²) in [6.07, 6.45) is 0.320. The Balaban J connectivity index is 2.49. The van der Waals surface area contributed by atoms with Crippen LogP contribution in [0.4, 0.5) is 0 Å². The van der Waals surface area contributed by atoms with Gasteiger partial charge in [-0.1, -0.05) is 37.0 Å². The molecule has 0 bridgehead atoms. The molecule has 0 aliphatic rings. The Morgan fingerprint density at radius 3 is 2.61 bits per heavy atom. The molecule has 0 aliphatic heterocycles. The molecule has 1 aromatic rings. The molecule has 0 spiro atoms. The van der Waals surface area contributed by atoms with E-state index < -0.39 is 6.10 Å². The topological polar surface area (TPSA) is 43.7 Å². The van der Waals surface area contributed by atoms with Gasteiger partial charge in [-0.2, -0.15) is 0 Å². The lowest BCUT2D eigenvalue weighted by Gasteiger charge is -2.21. The first-order valence-electron chi connectivity index (χ1n) is 6.31. The van der Waals surface area contributed by atoms with Crippen molar-refractivity contribution in [2.24, 2.45) is 0 Å². The van der Waals surface area contributed by atoms with Crippen LogP contribution >= 0.6 is 0 Å². The van der Waals surface area contributed by atoms with Gasteiger partial charge in [-0.3, -0.25) is 4.90 Å². The number of benzene rings is 1. The maximum Gasteiger partial charge on any atom is 0.0897 e. The molecule has 0 fully saturated rings. The molecule has 2 N–H and O–H groups in total. The van der Waals surface area contributed by atoms with Crippen molar-refractivity contribution in [3.05, 3.63) is 35.9 Å². The van der Waals surface area contributed by atoms with E-state index in [1.54, 1.807) is 0 Å². The predicted molar refractivity (Wildman–Crippen MR) is 73.1 cm³/mol. The van der Waals surface area contributed by atoms with Gasteiger partial charge in [0.05, 0.1) is 19.3 Å². The number of aliphatic hydroxyl groups is 2.